The van der Waals surface area contributed by atoms with E-state index in [2.05, 4.69) is 56.1 Å². The molecular formula is C17H13BrN2. The molecule has 1 heterocycles. The van der Waals surface area contributed by atoms with Gasteiger partial charge in [-0.05, 0) is 46.3 Å². The summed E-state index contributed by atoms with van der Waals surface area (Å²) in [7, 11) is 0. The van der Waals surface area contributed by atoms with Crippen LogP contribution >= 0.6 is 15.9 Å². The van der Waals surface area contributed by atoms with E-state index in [1.165, 1.54) is 0 Å². The van der Waals surface area contributed by atoms with Crippen molar-refractivity contribution >= 4 is 33.0 Å². The van der Waals surface area contributed by atoms with E-state index in [0.29, 0.717) is 0 Å². The third-order valence-electron chi connectivity index (χ3n) is 2.98. The predicted octanol–water partition coefficient (Wildman–Crippen LogP) is 5.31. The number of halogens is 1. The van der Waals surface area contributed by atoms with Crippen LogP contribution in [0.25, 0.3) is 0 Å². The van der Waals surface area contributed by atoms with Crippen LogP contribution in [0.5, 0.6) is 0 Å². The van der Waals surface area contributed by atoms with Crippen LogP contribution in [0, 0.1) is 0 Å². The average molecular weight is 325 g/mol. The Balaban J connectivity index is 2.14. The summed E-state index contributed by atoms with van der Waals surface area (Å²) in [6, 6.07) is 22.6. The Hall–Kier alpha value is -2.13. The van der Waals surface area contributed by atoms with Gasteiger partial charge in [0.2, 0.25) is 0 Å². The second-order valence-corrected chi connectivity index (χ2v) is 5.28. The first-order valence-corrected chi connectivity index (χ1v) is 7.15. The Morgan fingerprint density at radius 1 is 0.700 bits per heavy atom. The third-order valence-corrected chi connectivity index (χ3v) is 3.41. The molecule has 20 heavy (non-hydrogen) atoms. The highest BCUT2D eigenvalue weighted by Gasteiger charge is 2.11. The SMILES string of the molecule is Brc1cncc(N(c2ccccc2)c2ccccc2)c1. The molecule has 0 amide bonds. The molecule has 3 heteroatoms. The topological polar surface area (TPSA) is 16.1 Å². The average Bonchev–Trinajstić information content (AvgIpc) is 2.50. The fraction of sp³-hybridized carbons (Fsp3) is 0. The fourth-order valence-corrected chi connectivity index (χ4v) is 2.48. The van der Waals surface area contributed by atoms with Crippen LogP contribution in [0.4, 0.5) is 17.1 Å². The van der Waals surface area contributed by atoms with Crippen molar-refractivity contribution in [1.29, 1.82) is 0 Å². The van der Waals surface area contributed by atoms with Gasteiger partial charge in [0.05, 0.1) is 11.9 Å². The molecule has 2 aromatic carbocycles. The Labute approximate surface area is 126 Å². The van der Waals surface area contributed by atoms with Crippen molar-refractivity contribution in [2.24, 2.45) is 0 Å². The highest BCUT2D eigenvalue weighted by Crippen LogP contribution is 2.34. The zero-order chi connectivity index (χ0) is 13.8. The number of benzene rings is 2. The van der Waals surface area contributed by atoms with Gasteiger partial charge in [-0.1, -0.05) is 36.4 Å². The third kappa shape index (κ3) is 2.73. The van der Waals surface area contributed by atoms with E-state index in [4.69, 9.17) is 0 Å². The minimum atomic E-state index is 0.965. The van der Waals surface area contributed by atoms with Crippen LogP contribution in [0.15, 0.2) is 83.6 Å². The molecule has 0 aliphatic rings. The van der Waals surface area contributed by atoms with E-state index < -0.39 is 0 Å². The Morgan fingerprint density at radius 2 is 1.25 bits per heavy atom. The number of anilines is 3. The van der Waals surface area contributed by atoms with Crippen LogP contribution in [-0.2, 0) is 0 Å². The lowest BCUT2D eigenvalue weighted by Crippen LogP contribution is -2.09. The molecule has 0 atom stereocenters. The molecule has 0 aliphatic heterocycles. The predicted molar refractivity (Wildman–Crippen MR) is 86.6 cm³/mol. The molecule has 0 fully saturated rings. The van der Waals surface area contributed by atoms with Crippen molar-refractivity contribution in [2.45, 2.75) is 0 Å². The van der Waals surface area contributed by atoms with E-state index in [1.54, 1.807) is 6.20 Å². The van der Waals surface area contributed by atoms with E-state index >= 15 is 0 Å². The van der Waals surface area contributed by atoms with Gasteiger partial charge in [-0.2, -0.15) is 0 Å². The zero-order valence-corrected chi connectivity index (χ0v) is 12.4. The lowest BCUT2D eigenvalue weighted by Gasteiger charge is -2.25. The van der Waals surface area contributed by atoms with Gasteiger partial charge in [-0.25, -0.2) is 0 Å². The van der Waals surface area contributed by atoms with Crippen molar-refractivity contribution in [3.05, 3.63) is 83.6 Å². The number of aromatic nitrogens is 1. The highest BCUT2D eigenvalue weighted by molar-refractivity contribution is 9.10. The molecule has 0 saturated carbocycles. The minimum absolute atomic E-state index is 0.965. The number of para-hydroxylation sites is 2. The summed E-state index contributed by atoms with van der Waals surface area (Å²) in [6.07, 6.45) is 3.66. The first-order chi connectivity index (χ1) is 9.84. The number of hydrogen-bond acceptors (Lipinski definition) is 2. The van der Waals surface area contributed by atoms with Gasteiger partial charge >= 0.3 is 0 Å². The van der Waals surface area contributed by atoms with Gasteiger partial charge < -0.3 is 4.90 Å². The Morgan fingerprint density at radius 3 is 1.75 bits per heavy atom. The molecule has 2 nitrogen and oxygen atoms in total. The molecular weight excluding hydrogens is 312 g/mol. The lowest BCUT2D eigenvalue weighted by atomic mass is 10.2. The van der Waals surface area contributed by atoms with Crippen molar-refractivity contribution < 1.29 is 0 Å². The summed E-state index contributed by atoms with van der Waals surface area (Å²) in [6.45, 7) is 0. The molecule has 0 aliphatic carbocycles. The maximum Gasteiger partial charge on any atom is 0.0656 e. The molecule has 1 aromatic heterocycles. The van der Waals surface area contributed by atoms with Crippen LogP contribution in [0.2, 0.25) is 0 Å². The van der Waals surface area contributed by atoms with E-state index in [9.17, 15) is 0 Å². The number of hydrogen-bond donors (Lipinski definition) is 0. The maximum atomic E-state index is 4.27. The zero-order valence-electron chi connectivity index (χ0n) is 10.8. The second-order valence-electron chi connectivity index (χ2n) is 4.37. The van der Waals surface area contributed by atoms with Gasteiger partial charge in [-0.3, -0.25) is 4.98 Å². The summed E-state index contributed by atoms with van der Waals surface area (Å²) in [4.78, 5) is 6.45. The lowest BCUT2D eigenvalue weighted by molar-refractivity contribution is 1.22. The van der Waals surface area contributed by atoms with Gasteiger partial charge in [0.25, 0.3) is 0 Å². The van der Waals surface area contributed by atoms with Gasteiger partial charge in [0.15, 0.2) is 0 Å². The molecule has 0 radical (unpaired) electrons. The molecule has 3 rings (SSSR count). The summed E-state index contributed by atoms with van der Waals surface area (Å²) in [5, 5.41) is 0. The van der Waals surface area contributed by atoms with Crippen LogP contribution in [0.3, 0.4) is 0 Å². The number of nitrogens with zero attached hydrogens (tertiary/aromatic N) is 2. The van der Waals surface area contributed by atoms with Gasteiger partial charge in [0.1, 0.15) is 0 Å². The number of pyridine rings is 1. The molecule has 3 aromatic rings. The van der Waals surface area contributed by atoms with Crippen molar-refractivity contribution in [3.8, 4) is 0 Å². The van der Waals surface area contributed by atoms with Gasteiger partial charge in [0, 0.05) is 22.0 Å². The Kier molecular flexibility index (Phi) is 3.79. The summed E-state index contributed by atoms with van der Waals surface area (Å²) in [5.41, 5.74) is 3.24. The quantitative estimate of drug-likeness (QED) is 0.648. The number of rotatable bonds is 3. The largest absolute Gasteiger partial charge is 0.309 e. The molecule has 98 valence electrons. The molecule has 0 saturated heterocycles. The van der Waals surface area contributed by atoms with E-state index in [-0.39, 0.29) is 0 Å². The highest BCUT2D eigenvalue weighted by atomic mass is 79.9. The fourth-order valence-electron chi connectivity index (χ4n) is 2.12. The molecule has 0 unspecified atom stereocenters. The molecule has 0 N–H and O–H groups in total. The van der Waals surface area contributed by atoms with Crippen LogP contribution in [0.1, 0.15) is 0 Å². The Bertz CT molecular complexity index is 644. The van der Waals surface area contributed by atoms with Crippen molar-refractivity contribution in [3.63, 3.8) is 0 Å². The maximum absolute atomic E-state index is 4.27. The normalized spacial score (nSPS) is 10.2. The van der Waals surface area contributed by atoms with Crippen LogP contribution in [-0.4, -0.2) is 4.98 Å². The smallest absolute Gasteiger partial charge is 0.0656 e. The van der Waals surface area contributed by atoms with Crippen molar-refractivity contribution in [1.82, 2.24) is 4.98 Å². The standard InChI is InChI=1S/C17H13BrN2/c18-14-11-17(13-19-12-14)20(15-7-3-1-4-8-15)16-9-5-2-6-10-16/h1-13H. The minimum Gasteiger partial charge on any atom is -0.309 e. The molecule has 0 spiro atoms. The van der Waals surface area contributed by atoms with E-state index in [0.717, 1.165) is 21.5 Å². The summed E-state index contributed by atoms with van der Waals surface area (Å²) >= 11 is 3.49. The summed E-state index contributed by atoms with van der Waals surface area (Å²) in [5.74, 6) is 0. The first kappa shape index (κ1) is 12.9. The van der Waals surface area contributed by atoms with Gasteiger partial charge in [-0.15, -0.1) is 0 Å². The van der Waals surface area contributed by atoms with Crippen LogP contribution < -0.4 is 4.90 Å². The summed E-state index contributed by atoms with van der Waals surface area (Å²) < 4.78 is 0.965. The molecule has 0 bridgehead atoms. The first-order valence-electron chi connectivity index (χ1n) is 6.35. The van der Waals surface area contributed by atoms with Crippen molar-refractivity contribution in [2.75, 3.05) is 4.90 Å². The van der Waals surface area contributed by atoms with E-state index in [1.807, 2.05) is 42.6 Å². The second kappa shape index (κ2) is 5.88. The monoisotopic (exact) mass is 324 g/mol.